The summed E-state index contributed by atoms with van der Waals surface area (Å²) < 4.78 is 5.98. The van der Waals surface area contributed by atoms with Crippen LogP contribution in [0.25, 0.3) is 6.08 Å². The summed E-state index contributed by atoms with van der Waals surface area (Å²) in [7, 11) is 0. The molecule has 3 unspecified atom stereocenters. The van der Waals surface area contributed by atoms with Crippen LogP contribution in [0.1, 0.15) is 30.4 Å². The predicted octanol–water partition coefficient (Wildman–Crippen LogP) is 4.33. The van der Waals surface area contributed by atoms with E-state index in [9.17, 15) is 9.59 Å². The van der Waals surface area contributed by atoms with Gasteiger partial charge in [-0.2, -0.15) is 0 Å². The number of nitrogens with one attached hydrogen (secondary N) is 2. The van der Waals surface area contributed by atoms with E-state index < -0.39 is 0 Å². The van der Waals surface area contributed by atoms with Crippen LogP contribution in [-0.2, 0) is 20.9 Å². The highest BCUT2D eigenvalue weighted by Crippen LogP contribution is 2.31. The summed E-state index contributed by atoms with van der Waals surface area (Å²) >= 11 is 11.9. The monoisotopic (exact) mass is 444 g/mol. The first-order valence-corrected chi connectivity index (χ1v) is 10.7. The molecule has 2 aromatic carbocycles. The van der Waals surface area contributed by atoms with Crippen molar-refractivity contribution < 1.29 is 14.3 Å². The van der Waals surface area contributed by atoms with Crippen molar-refractivity contribution in [2.75, 3.05) is 0 Å². The van der Waals surface area contributed by atoms with Gasteiger partial charge in [-0.3, -0.25) is 9.59 Å². The van der Waals surface area contributed by atoms with Crippen molar-refractivity contribution in [1.82, 2.24) is 10.6 Å². The van der Waals surface area contributed by atoms with E-state index in [1.54, 1.807) is 30.3 Å². The number of carbonyl (C=O) groups is 2. The van der Waals surface area contributed by atoms with Gasteiger partial charge in [0.1, 0.15) is 6.10 Å². The minimum Gasteiger partial charge on any atom is -0.483 e. The number of halogens is 2. The third kappa shape index (κ3) is 4.97. The second kappa shape index (κ2) is 9.11. The SMILES string of the molecule is O=C1NC2CC(C(=O)NCc3ccc(Cl)cc3)CCC2O/C1=C\c1cccc(Cl)c1. The van der Waals surface area contributed by atoms with Gasteiger partial charge < -0.3 is 15.4 Å². The fourth-order valence-corrected chi connectivity index (χ4v) is 4.24. The Kier molecular flexibility index (Phi) is 6.30. The number of rotatable bonds is 4. The molecule has 2 N–H and O–H groups in total. The molecule has 2 amide bonds. The van der Waals surface area contributed by atoms with E-state index in [4.69, 9.17) is 27.9 Å². The third-order valence-electron chi connectivity index (χ3n) is 5.50. The van der Waals surface area contributed by atoms with E-state index in [1.165, 1.54) is 0 Å². The van der Waals surface area contributed by atoms with Crippen LogP contribution < -0.4 is 10.6 Å². The topological polar surface area (TPSA) is 67.4 Å². The molecule has 1 aliphatic carbocycles. The first kappa shape index (κ1) is 20.8. The van der Waals surface area contributed by atoms with Crippen LogP contribution in [0.15, 0.2) is 54.3 Å². The van der Waals surface area contributed by atoms with Gasteiger partial charge in [0, 0.05) is 22.5 Å². The smallest absolute Gasteiger partial charge is 0.286 e. The van der Waals surface area contributed by atoms with Crippen molar-refractivity contribution in [1.29, 1.82) is 0 Å². The molecule has 2 aromatic rings. The maximum atomic E-state index is 12.6. The lowest BCUT2D eigenvalue weighted by Crippen LogP contribution is -2.54. The van der Waals surface area contributed by atoms with E-state index in [-0.39, 0.29) is 35.6 Å². The molecule has 30 heavy (non-hydrogen) atoms. The Morgan fingerprint density at radius 2 is 1.93 bits per heavy atom. The number of hydrogen-bond donors (Lipinski definition) is 2. The Hall–Kier alpha value is -2.50. The summed E-state index contributed by atoms with van der Waals surface area (Å²) in [5.74, 6) is -0.138. The summed E-state index contributed by atoms with van der Waals surface area (Å²) in [4.78, 5) is 25.1. The van der Waals surface area contributed by atoms with E-state index in [0.717, 1.165) is 11.1 Å². The molecule has 1 aliphatic heterocycles. The lowest BCUT2D eigenvalue weighted by Gasteiger charge is -2.39. The van der Waals surface area contributed by atoms with E-state index >= 15 is 0 Å². The van der Waals surface area contributed by atoms with Crippen molar-refractivity contribution in [2.45, 2.75) is 38.0 Å². The summed E-state index contributed by atoms with van der Waals surface area (Å²) in [5.41, 5.74) is 1.80. The van der Waals surface area contributed by atoms with Crippen LogP contribution in [-0.4, -0.2) is 24.0 Å². The first-order valence-electron chi connectivity index (χ1n) is 9.95. The molecule has 1 saturated heterocycles. The lowest BCUT2D eigenvalue weighted by molar-refractivity contribution is -0.134. The van der Waals surface area contributed by atoms with Gasteiger partial charge in [0.05, 0.1) is 6.04 Å². The number of fused-ring (bicyclic) bond motifs is 1. The zero-order valence-corrected chi connectivity index (χ0v) is 17.7. The van der Waals surface area contributed by atoms with Gasteiger partial charge in [-0.25, -0.2) is 0 Å². The number of carbonyl (C=O) groups excluding carboxylic acids is 2. The minimum absolute atomic E-state index is 0.00193. The number of benzene rings is 2. The van der Waals surface area contributed by atoms with Crippen molar-refractivity contribution >= 4 is 41.1 Å². The van der Waals surface area contributed by atoms with Gasteiger partial charge in [-0.15, -0.1) is 0 Å². The average Bonchev–Trinajstić information content (AvgIpc) is 2.73. The highest BCUT2D eigenvalue weighted by Gasteiger charge is 2.40. The van der Waals surface area contributed by atoms with Crippen LogP contribution in [0.5, 0.6) is 0 Å². The van der Waals surface area contributed by atoms with Gasteiger partial charge in [-0.1, -0.05) is 47.5 Å². The molecule has 7 heteroatoms. The zero-order valence-electron chi connectivity index (χ0n) is 16.2. The van der Waals surface area contributed by atoms with Crippen LogP contribution in [0, 0.1) is 5.92 Å². The molecule has 0 radical (unpaired) electrons. The first-order chi connectivity index (χ1) is 14.5. The molecule has 0 spiro atoms. The van der Waals surface area contributed by atoms with Gasteiger partial charge in [0.15, 0.2) is 5.76 Å². The molecule has 156 valence electrons. The number of amides is 2. The molecule has 1 heterocycles. The second-order valence-electron chi connectivity index (χ2n) is 7.65. The quantitative estimate of drug-likeness (QED) is 0.689. The second-order valence-corrected chi connectivity index (χ2v) is 8.53. The molecule has 0 aromatic heterocycles. The zero-order chi connectivity index (χ0) is 21.1. The maximum Gasteiger partial charge on any atom is 0.286 e. The molecular formula is C23H22Cl2N2O3. The third-order valence-corrected chi connectivity index (χ3v) is 5.99. The van der Waals surface area contributed by atoms with Crippen LogP contribution in [0.3, 0.4) is 0 Å². The summed E-state index contributed by atoms with van der Waals surface area (Å²) in [6, 6.07) is 14.5. The summed E-state index contributed by atoms with van der Waals surface area (Å²) in [6.07, 6.45) is 3.55. The minimum atomic E-state index is -0.265. The fourth-order valence-electron chi connectivity index (χ4n) is 3.91. The summed E-state index contributed by atoms with van der Waals surface area (Å²) in [6.45, 7) is 0.454. The number of ether oxygens (including phenoxy) is 1. The maximum absolute atomic E-state index is 12.6. The van der Waals surface area contributed by atoms with Gasteiger partial charge >= 0.3 is 0 Å². The fraction of sp³-hybridized carbons (Fsp3) is 0.304. The molecule has 5 nitrogen and oxygen atoms in total. The van der Waals surface area contributed by atoms with Crippen molar-refractivity contribution in [3.8, 4) is 0 Å². The Balaban J connectivity index is 1.34. The predicted molar refractivity (Wildman–Crippen MR) is 117 cm³/mol. The molecule has 0 bridgehead atoms. The Morgan fingerprint density at radius 3 is 2.70 bits per heavy atom. The van der Waals surface area contributed by atoms with E-state index in [0.29, 0.717) is 35.9 Å². The normalized spacial score (nSPS) is 24.5. The number of morpholine rings is 1. The van der Waals surface area contributed by atoms with Crippen LogP contribution in [0.4, 0.5) is 0 Å². The molecule has 3 atom stereocenters. The van der Waals surface area contributed by atoms with Gasteiger partial charge in [0.25, 0.3) is 5.91 Å². The largest absolute Gasteiger partial charge is 0.483 e. The molecule has 4 rings (SSSR count). The number of hydrogen-bond acceptors (Lipinski definition) is 3. The van der Waals surface area contributed by atoms with Crippen LogP contribution in [0.2, 0.25) is 10.0 Å². The molecule has 2 aliphatic rings. The highest BCUT2D eigenvalue weighted by molar-refractivity contribution is 6.30. The lowest BCUT2D eigenvalue weighted by atomic mass is 9.82. The van der Waals surface area contributed by atoms with E-state index in [1.807, 2.05) is 24.3 Å². The van der Waals surface area contributed by atoms with Crippen molar-refractivity contribution in [2.24, 2.45) is 5.92 Å². The average molecular weight is 445 g/mol. The standard InChI is InChI=1S/C23H22Cl2N2O3/c24-17-7-4-14(5-8-17)13-26-22(28)16-6-9-20-19(12-16)27-23(29)21(30-20)11-15-2-1-3-18(25)10-15/h1-5,7-8,10-11,16,19-20H,6,9,12-13H2,(H,26,28)(H,27,29)/b21-11-. The molecular weight excluding hydrogens is 423 g/mol. The van der Waals surface area contributed by atoms with Gasteiger partial charge in [0.2, 0.25) is 5.91 Å². The molecule has 2 fully saturated rings. The van der Waals surface area contributed by atoms with Crippen molar-refractivity contribution in [3.63, 3.8) is 0 Å². The van der Waals surface area contributed by atoms with Crippen molar-refractivity contribution in [3.05, 3.63) is 75.5 Å². The van der Waals surface area contributed by atoms with E-state index in [2.05, 4.69) is 10.6 Å². The summed E-state index contributed by atoms with van der Waals surface area (Å²) in [5, 5.41) is 7.26. The van der Waals surface area contributed by atoms with Gasteiger partial charge in [-0.05, 0) is 60.7 Å². The Morgan fingerprint density at radius 1 is 1.13 bits per heavy atom. The highest BCUT2D eigenvalue weighted by atomic mass is 35.5. The Bertz CT molecular complexity index is 975. The molecule has 1 saturated carbocycles. The van der Waals surface area contributed by atoms with Crippen LogP contribution >= 0.6 is 23.2 Å². The Labute approximate surface area is 185 Å².